The molecule has 0 spiro atoms. The van der Waals surface area contributed by atoms with Crippen molar-refractivity contribution >= 4 is 22.6 Å². The van der Waals surface area contributed by atoms with Gasteiger partial charge in [0.05, 0.1) is 23.6 Å². The Hall–Kier alpha value is -3.78. The normalized spacial score (nSPS) is 15.9. The first-order chi connectivity index (χ1) is 15.6. The third-order valence-electron chi connectivity index (χ3n) is 5.77. The van der Waals surface area contributed by atoms with E-state index in [0.717, 1.165) is 18.4 Å². The van der Waals surface area contributed by atoms with E-state index in [1.807, 2.05) is 36.4 Å². The van der Waals surface area contributed by atoms with Gasteiger partial charge in [0.2, 0.25) is 0 Å². The summed E-state index contributed by atoms with van der Waals surface area (Å²) in [5, 5.41) is 11.9. The molecular formula is C24H23N5O3. The molecule has 0 unspecified atom stereocenters. The van der Waals surface area contributed by atoms with Crippen molar-refractivity contribution in [3.05, 3.63) is 87.8 Å². The summed E-state index contributed by atoms with van der Waals surface area (Å²) in [6.07, 6.45) is 3.39. The molecule has 162 valence electrons. The maximum Gasteiger partial charge on any atom is 0.267 e. The number of hydrogen-bond donors (Lipinski definition) is 2. The molecule has 1 aromatic carbocycles. The molecule has 8 nitrogen and oxygen atoms in total. The smallest absolute Gasteiger partial charge is 0.267 e. The molecule has 1 aliphatic rings. The van der Waals surface area contributed by atoms with Crippen LogP contribution in [0.1, 0.15) is 28.8 Å². The van der Waals surface area contributed by atoms with Crippen molar-refractivity contribution in [3.63, 3.8) is 0 Å². The fourth-order valence-corrected chi connectivity index (χ4v) is 4.10. The van der Waals surface area contributed by atoms with Crippen LogP contribution in [0.5, 0.6) is 0 Å². The molecule has 4 heterocycles. The molecule has 1 atom stereocenters. The zero-order chi connectivity index (χ0) is 22.1. The van der Waals surface area contributed by atoms with Gasteiger partial charge in [-0.05, 0) is 36.6 Å². The highest BCUT2D eigenvalue weighted by atomic mass is 16.5. The minimum atomic E-state index is -0.403. The molecule has 0 radical (unpaired) electrons. The zero-order valence-corrected chi connectivity index (χ0v) is 17.5. The van der Waals surface area contributed by atoms with Crippen LogP contribution >= 0.6 is 0 Å². The highest BCUT2D eigenvalue weighted by Crippen LogP contribution is 2.17. The minimum absolute atomic E-state index is 0.0192. The minimum Gasteiger partial charge on any atom is -0.376 e. The Bertz CT molecular complexity index is 1420. The van der Waals surface area contributed by atoms with E-state index in [0.29, 0.717) is 36.4 Å². The summed E-state index contributed by atoms with van der Waals surface area (Å²) < 4.78 is 8.86. The van der Waals surface area contributed by atoms with Crippen LogP contribution in [0.4, 0.5) is 0 Å². The van der Waals surface area contributed by atoms with Gasteiger partial charge in [0.25, 0.3) is 11.5 Å². The van der Waals surface area contributed by atoms with Crippen molar-refractivity contribution in [2.75, 3.05) is 6.61 Å². The molecule has 2 N–H and O–H groups in total. The van der Waals surface area contributed by atoms with Gasteiger partial charge in [-0.25, -0.2) is 4.98 Å². The Morgan fingerprint density at radius 3 is 2.78 bits per heavy atom. The topological polar surface area (TPSA) is 101 Å². The fraction of sp³-hybridized carbons (Fsp3) is 0.250. The lowest BCUT2D eigenvalue weighted by molar-refractivity contribution is 0.0931. The SMILES string of the molecule is N=c1c(C(=O)NCc2ccccc2)cc2c(=O)n3ccccc3nc2n1C[C@@H]1CCCO1. The van der Waals surface area contributed by atoms with Crippen LogP contribution in [-0.2, 0) is 17.8 Å². The van der Waals surface area contributed by atoms with Crippen LogP contribution in [0.3, 0.4) is 0 Å². The first kappa shape index (κ1) is 20.1. The zero-order valence-electron chi connectivity index (χ0n) is 17.5. The van der Waals surface area contributed by atoms with Gasteiger partial charge in [-0.15, -0.1) is 0 Å². The highest BCUT2D eigenvalue weighted by Gasteiger charge is 2.22. The van der Waals surface area contributed by atoms with Gasteiger partial charge in [-0.2, -0.15) is 0 Å². The Kier molecular flexibility index (Phi) is 5.28. The summed E-state index contributed by atoms with van der Waals surface area (Å²) in [5.74, 6) is -0.403. The van der Waals surface area contributed by atoms with E-state index in [4.69, 9.17) is 10.1 Å². The second-order valence-corrected chi connectivity index (χ2v) is 7.90. The van der Waals surface area contributed by atoms with Crippen molar-refractivity contribution in [1.29, 1.82) is 5.41 Å². The molecule has 0 bridgehead atoms. The van der Waals surface area contributed by atoms with E-state index in [-0.39, 0.29) is 22.7 Å². The molecule has 1 saturated heterocycles. The van der Waals surface area contributed by atoms with Gasteiger partial charge in [-0.1, -0.05) is 36.4 Å². The third-order valence-corrected chi connectivity index (χ3v) is 5.77. The number of hydrogen-bond acceptors (Lipinski definition) is 5. The standard InChI is InChI=1S/C24H23N5O3/c25-21-18(23(30)26-14-16-7-2-1-3-8-16)13-19-22(29(21)15-17-9-6-12-32-17)27-20-10-4-5-11-28(20)24(19)31/h1-5,7-8,10-11,13,17,25H,6,9,12,14-15H2,(H,26,30)/t17-/m0/s1. The van der Waals surface area contributed by atoms with E-state index in [1.165, 1.54) is 10.5 Å². The van der Waals surface area contributed by atoms with Crippen LogP contribution in [0.25, 0.3) is 16.7 Å². The molecule has 0 aliphatic carbocycles. The number of aromatic nitrogens is 3. The number of ether oxygens (including phenoxy) is 1. The molecular weight excluding hydrogens is 406 g/mol. The molecule has 32 heavy (non-hydrogen) atoms. The Labute approximate surface area is 183 Å². The highest BCUT2D eigenvalue weighted by molar-refractivity contribution is 5.96. The molecule has 1 fully saturated rings. The molecule has 1 amide bonds. The molecule has 1 aliphatic heterocycles. The third kappa shape index (κ3) is 3.69. The second kappa shape index (κ2) is 8.39. The summed E-state index contributed by atoms with van der Waals surface area (Å²) in [5.41, 5.74) is 1.72. The predicted molar refractivity (Wildman–Crippen MR) is 119 cm³/mol. The average Bonchev–Trinajstić information content (AvgIpc) is 3.34. The number of nitrogens with one attached hydrogen (secondary N) is 2. The van der Waals surface area contributed by atoms with E-state index in [1.54, 1.807) is 22.9 Å². The fourth-order valence-electron chi connectivity index (χ4n) is 4.10. The van der Waals surface area contributed by atoms with E-state index < -0.39 is 5.91 Å². The molecule has 8 heteroatoms. The summed E-state index contributed by atoms with van der Waals surface area (Å²) in [7, 11) is 0. The van der Waals surface area contributed by atoms with Crippen molar-refractivity contribution in [1.82, 2.24) is 19.3 Å². The summed E-state index contributed by atoms with van der Waals surface area (Å²) >= 11 is 0. The number of benzene rings is 1. The van der Waals surface area contributed by atoms with Gasteiger partial charge in [-0.3, -0.25) is 19.4 Å². The van der Waals surface area contributed by atoms with Gasteiger partial charge in [0.15, 0.2) is 0 Å². The van der Waals surface area contributed by atoms with Gasteiger partial charge in [0, 0.05) is 19.3 Å². The number of carbonyl (C=O) groups excluding carboxylic acids is 1. The maximum atomic E-state index is 13.2. The van der Waals surface area contributed by atoms with Crippen LogP contribution in [-0.4, -0.2) is 32.6 Å². The van der Waals surface area contributed by atoms with Crippen LogP contribution < -0.4 is 16.4 Å². The van der Waals surface area contributed by atoms with Crippen molar-refractivity contribution in [3.8, 4) is 0 Å². The maximum absolute atomic E-state index is 13.2. The van der Waals surface area contributed by atoms with Crippen LogP contribution in [0.2, 0.25) is 0 Å². The number of amides is 1. The summed E-state index contributed by atoms with van der Waals surface area (Å²) in [4.78, 5) is 30.9. The van der Waals surface area contributed by atoms with Crippen molar-refractivity contribution in [2.24, 2.45) is 0 Å². The monoisotopic (exact) mass is 429 g/mol. The number of carbonyl (C=O) groups is 1. The first-order valence-corrected chi connectivity index (χ1v) is 10.6. The number of fused-ring (bicyclic) bond motifs is 2. The lowest BCUT2D eigenvalue weighted by Gasteiger charge is -2.17. The lowest BCUT2D eigenvalue weighted by atomic mass is 10.1. The average molecular weight is 429 g/mol. The first-order valence-electron chi connectivity index (χ1n) is 10.6. The van der Waals surface area contributed by atoms with E-state index in [2.05, 4.69) is 10.3 Å². The Balaban J connectivity index is 1.63. The van der Waals surface area contributed by atoms with Gasteiger partial charge in [0.1, 0.15) is 16.8 Å². The molecule has 5 rings (SSSR count). The van der Waals surface area contributed by atoms with Crippen LogP contribution in [0.15, 0.2) is 65.6 Å². The number of nitrogens with zero attached hydrogens (tertiary/aromatic N) is 3. The quantitative estimate of drug-likeness (QED) is 0.475. The molecule has 3 aromatic heterocycles. The molecule has 4 aromatic rings. The number of rotatable bonds is 5. The Morgan fingerprint density at radius 1 is 1.19 bits per heavy atom. The summed E-state index contributed by atoms with van der Waals surface area (Å²) in [6, 6.07) is 16.4. The number of pyridine rings is 2. The van der Waals surface area contributed by atoms with Gasteiger partial charge < -0.3 is 14.6 Å². The van der Waals surface area contributed by atoms with Crippen molar-refractivity contribution < 1.29 is 9.53 Å². The lowest BCUT2D eigenvalue weighted by Crippen LogP contribution is -2.36. The van der Waals surface area contributed by atoms with E-state index >= 15 is 0 Å². The summed E-state index contributed by atoms with van der Waals surface area (Å²) in [6.45, 7) is 1.37. The van der Waals surface area contributed by atoms with E-state index in [9.17, 15) is 9.59 Å². The van der Waals surface area contributed by atoms with Crippen LogP contribution in [0, 0.1) is 5.41 Å². The second-order valence-electron chi connectivity index (χ2n) is 7.90. The van der Waals surface area contributed by atoms with Gasteiger partial charge >= 0.3 is 0 Å². The molecule has 0 saturated carbocycles. The Morgan fingerprint density at radius 2 is 2.00 bits per heavy atom. The largest absolute Gasteiger partial charge is 0.376 e. The van der Waals surface area contributed by atoms with Crippen molar-refractivity contribution in [2.45, 2.75) is 32.0 Å². The predicted octanol–water partition coefficient (Wildman–Crippen LogP) is 2.24.